The first-order valence-corrected chi connectivity index (χ1v) is 6.01. The molecule has 0 spiro atoms. The third-order valence-corrected chi connectivity index (χ3v) is 3.47. The summed E-state index contributed by atoms with van der Waals surface area (Å²) in [6.45, 7) is 12.5. The van der Waals surface area contributed by atoms with Crippen molar-refractivity contribution < 1.29 is 9.31 Å². The highest BCUT2D eigenvalue weighted by Gasteiger charge is 2.51. The Morgan fingerprint density at radius 3 is 2.00 bits per heavy atom. The van der Waals surface area contributed by atoms with Crippen molar-refractivity contribution >= 4 is 7.12 Å². The van der Waals surface area contributed by atoms with Crippen molar-refractivity contribution in [2.75, 3.05) is 0 Å². The largest absolute Gasteiger partial charge is 0.490 e. The predicted molar refractivity (Wildman–Crippen MR) is 69.3 cm³/mol. The minimum absolute atomic E-state index is 0.203. The smallest absolute Gasteiger partial charge is 0.400 e. The van der Waals surface area contributed by atoms with E-state index >= 15 is 0 Å². The highest BCUT2D eigenvalue weighted by molar-refractivity contribution is 6.54. The lowest BCUT2D eigenvalue weighted by atomic mass is 9.76. The highest BCUT2D eigenvalue weighted by atomic mass is 16.7. The van der Waals surface area contributed by atoms with Crippen LogP contribution >= 0.6 is 0 Å². The molecule has 3 heteroatoms. The molecule has 0 aromatic heterocycles. The van der Waals surface area contributed by atoms with Crippen LogP contribution in [0.4, 0.5) is 0 Å². The summed E-state index contributed by atoms with van der Waals surface area (Å²) < 4.78 is 12.0. The Bertz CT molecular complexity index is 287. The van der Waals surface area contributed by atoms with Gasteiger partial charge in [0.05, 0.1) is 11.2 Å². The first-order chi connectivity index (χ1) is 7.34. The summed E-state index contributed by atoms with van der Waals surface area (Å²) in [6.07, 6.45) is 7.08. The van der Waals surface area contributed by atoms with Crippen LogP contribution in [0.1, 0.15) is 48.0 Å². The molecule has 0 N–H and O–H groups in total. The Balaban J connectivity index is 2.85. The standard InChI is InChI=1S/C13H23BO2/c1-7-9-10-11(8-2)14-15-12(3,4)13(5,6)16-14/h7,9-10H,8H2,1-6H3/b9-7-,11-10+. The highest BCUT2D eigenvalue weighted by Crippen LogP contribution is 2.38. The summed E-state index contributed by atoms with van der Waals surface area (Å²) in [6, 6.07) is 0. The van der Waals surface area contributed by atoms with Crippen molar-refractivity contribution in [2.24, 2.45) is 0 Å². The van der Waals surface area contributed by atoms with Crippen molar-refractivity contribution in [3.8, 4) is 0 Å². The van der Waals surface area contributed by atoms with Crippen molar-refractivity contribution in [2.45, 2.75) is 59.2 Å². The molecule has 1 saturated heterocycles. The Kier molecular flexibility index (Phi) is 4.03. The predicted octanol–water partition coefficient (Wildman–Crippen LogP) is 3.53. The monoisotopic (exact) mass is 222 g/mol. The van der Waals surface area contributed by atoms with E-state index in [4.69, 9.17) is 9.31 Å². The molecule has 90 valence electrons. The summed E-state index contributed by atoms with van der Waals surface area (Å²) in [5.41, 5.74) is 0.695. The fraction of sp³-hybridized carbons (Fsp3) is 0.692. The third kappa shape index (κ3) is 2.58. The van der Waals surface area contributed by atoms with Crippen molar-refractivity contribution in [3.05, 3.63) is 23.7 Å². The zero-order valence-corrected chi connectivity index (χ0v) is 11.3. The molecule has 0 bridgehead atoms. The summed E-state index contributed by atoms with van der Waals surface area (Å²) >= 11 is 0. The molecular formula is C13H23BO2. The second kappa shape index (κ2) is 4.76. The third-order valence-electron chi connectivity index (χ3n) is 3.47. The van der Waals surface area contributed by atoms with Crippen LogP contribution in [0, 0.1) is 0 Å². The number of allylic oxidation sites excluding steroid dienone is 4. The van der Waals surface area contributed by atoms with E-state index < -0.39 is 0 Å². The van der Waals surface area contributed by atoms with Gasteiger partial charge in [0.15, 0.2) is 0 Å². The van der Waals surface area contributed by atoms with Crippen LogP contribution in [0.5, 0.6) is 0 Å². The molecule has 0 aliphatic carbocycles. The van der Waals surface area contributed by atoms with Crippen LogP contribution in [-0.2, 0) is 9.31 Å². The van der Waals surface area contributed by atoms with E-state index in [1.165, 1.54) is 5.47 Å². The number of rotatable bonds is 3. The van der Waals surface area contributed by atoms with Crippen molar-refractivity contribution in [3.63, 3.8) is 0 Å². The Labute approximate surface area is 99.9 Å². The van der Waals surface area contributed by atoms with Gasteiger partial charge in [0.2, 0.25) is 0 Å². The lowest BCUT2D eigenvalue weighted by Crippen LogP contribution is -2.41. The van der Waals surface area contributed by atoms with Crippen LogP contribution in [0.2, 0.25) is 0 Å². The van der Waals surface area contributed by atoms with Gasteiger partial charge in [0, 0.05) is 0 Å². The zero-order valence-electron chi connectivity index (χ0n) is 11.3. The van der Waals surface area contributed by atoms with Gasteiger partial charge in [0.1, 0.15) is 0 Å². The maximum Gasteiger partial charge on any atom is 0.490 e. The SMILES string of the molecule is C/C=C\C=C(/CC)B1OC(C)(C)C(C)(C)O1. The number of hydrogen-bond acceptors (Lipinski definition) is 2. The van der Waals surface area contributed by atoms with Crippen LogP contribution in [0.15, 0.2) is 23.7 Å². The summed E-state index contributed by atoms with van der Waals surface area (Å²) in [5, 5.41) is 0. The molecule has 0 amide bonds. The van der Waals surface area contributed by atoms with Crippen LogP contribution in [0.25, 0.3) is 0 Å². The average Bonchev–Trinajstić information content (AvgIpc) is 2.37. The Morgan fingerprint density at radius 1 is 1.12 bits per heavy atom. The molecule has 1 aliphatic heterocycles. The molecule has 0 aromatic carbocycles. The van der Waals surface area contributed by atoms with E-state index in [-0.39, 0.29) is 18.3 Å². The maximum atomic E-state index is 5.99. The maximum absolute atomic E-state index is 5.99. The fourth-order valence-corrected chi connectivity index (χ4v) is 1.58. The lowest BCUT2D eigenvalue weighted by Gasteiger charge is -2.32. The second-order valence-electron chi connectivity index (χ2n) is 5.21. The zero-order chi connectivity index (χ0) is 12.4. The van der Waals surface area contributed by atoms with Gasteiger partial charge in [-0.1, -0.05) is 25.2 Å². The van der Waals surface area contributed by atoms with Gasteiger partial charge in [0.25, 0.3) is 0 Å². The van der Waals surface area contributed by atoms with Gasteiger partial charge < -0.3 is 9.31 Å². The Hall–Kier alpha value is -0.535. The average molecular weight is 222 g/mol. The molecule has 1 rings (SSSR count). The van der Waals surface area contributed by atoms with Gasteiger partial charge in [-0.05, 0) is 46.5 Å². The minimum atomic E-state index is -0.248. The van der Waals surface area contributed by atoms with Crippen LogP contribution in [0.3, 0.4) is 0 Å². The normalized spacial score (nSPS) is 24.4. The summed E-state index contributed by atoms with van der Waals surface area (Å²) in [4.78, 5) is 0. The van der Waals surface area contributed by atoms with Gasteiger partial charge in [-0.3, -0.25) is 0 Å². The summed E-state index contributed by atoms with van der Waals surface area (Å²) in [7, 11) is -0.203. The van der Waals surface area contributed by atoms with E-state index in [0.717, 1.165) is 6.42 Å². The molecular weight excluding hydrogens is 199 g/mol. The van der Waals surface area contributed by atoms with Gasteiger partial charge in [-0.15, -0.1) is 0 Å². The quantitative estimate of drug-likeness (QED) is 0.537. The van der Waals surface area contributed by atoms with Gasteiger partial charge in [-0.25, -0.2) is 0 Å². The second-order valence-corrected chi connectivity index (χ2v) is 5.21. The molecule has 1 fully saturated rings. The molecule has 16 heavy (non-hydrogen) atoms. The molecule has 0 atom stereocenters. The molecule has 1 heterocycles. The lowest BCUT2D eigenvalue weighted by molar-refractivity contribution is 0.00578. The molecule has 1 aliphatic rings. The van der Waals surface area contributed by atoms with E-state index in [0.29, 0.717) is 0 Å². The van der Waals surface area contributed by atoms with E-state index in [1.54, 1.807) is 0 Å². The first-order valence-electron chi connectivity index (χ1n) is 6.01. The molecule has 0 saturated carbocycles. The topological polar surface area (TPSA) is 18.5 Å². The molecule has 0 radical (unpaired) electrons. The van der Waals surface area contributed by atoms with Crippen LogP contribution < -0.4 is 0 Å². The van der Waals surface area contributed by atoms with Crippen LogP contribution in [-0.4, -0.2) is 18.3 Å². The molecule has 2 nitrogen and oxygen atoms in total. The summed E-state index contributed by atoms with van der Waals surface area (Å²) in [5.74, 6) is 0. The van der Waals surface area contributed by atoms with Crippen molar-refractivity contribution in [1.29, 1.82) is 0 Å². The van der Waals surface area contributed by atoms with Crippen molar-refractivity contribution in [1.82, 2.24) is 0 Å². The number of hydrogen-bond donors (Lipinski definition) is 0. The first kappa shape index (κ1) is 13.5. The van der Waals surface area contributed by atoms with E-state index in [1.807, 2.05) is 19.1 Å². The van der Waals surface area contributed by atoms with E-state index in [9.17, 15) is 0 Å². The molecule has 0 unspecified atom stereocenters. The molecule has 0 aromatic rings. The van der Waals surface area contributed by atoms with Gasteiger partial charge in [-0.2, -0.15) is 0 Å². The van der Waals surface area contributed by atoms with Gasteiger partial charge >= 0.3 is 7.12 Å². The van der Waals surface area contributed by atoms with E-state index in [2.05, 4.69) is 40.7 Å². The minimum Gasteiger partial charge on any atom is -0.400 e. The fourth-order valence-electron chi connectivity index (χ4n) is 1.58. The Morgan fingerprint density at radius 2 is 1.62 bits per heavy atom.